The molecule has 0 unspecified atom stereocenters. The Kier molecular flexibility index (Phi) is 5.87. The fraction of sp³-hybridized carbons (Fsp3) is 0.167. The largest absolute Gasteiger partial charge is 0.416 e. The van der Waals surface area contributed by atoms with Crippen molar-refractivity contribution in [1.29, 1.82) is 0 Å². The molecule has 2 N–H and O–H groups in total. The summed E-state index contributed by atoms with van der Waals surface area (Å²) in [4.78, 5) is 16.2. The van der Waals surface area contributed by atoms with Crippen LogP contribution in [0.25, 0.3) is 11.3 Å². The van der Waals surface area contributed by atoms with E-state index < -0.39 is 17.0 Å². The van der Waals surface area contributed by atoms with E-state index in [1.807, 2.05) is 0 Å². The maximum absolute atomic E-state index is 12.9. The monoisotopic (exact) mass is 369 g/mol. The van der Waals surface area contributed by atoms with Crippen molar-refractivity contribution in [2.24, 2.45) is 5.90 Å². The first-order chi connectivity index (χ1) is 11.7. The predicted octanol–water partition coefficient (Wildman–Crippen LogP) is 4.79. The zero-order valence-corrected chi connectivity index (χ0v) is 14.0. The second-order valence-corrected chi connectivity index (χ2v) is 5.76. The highest BCUT2D eigenvalue weighted by Gasteiger charge is 2.30. The van der Waals surface area contributed by atoms with E-state index in [0.717, 1.165) is 12.1 Å². The van der Waals surface area contributed by atoms with Gasteiger partial charge in [0.05, 0.1) is 5.56 Å². The van der Waals surface area contributed by atoms with E-state index in [1.165, 1.54) is 12.1 Å². The molecular weight excluding hydrogens is 355 g/mol. The third kappa shape index (κ3) is 4.61. The summed E-state index contributed by atoms with van der Waals surface area (Å²) in [7, 11) is 0. The number of alkyl halides is 3. The standard InChI is InChI=1S/C18H15ClF3NO2/c1-11(12-6-4-7-14(9-12)18(20,21)22)17(25-23)15-8-3-2-5-13(15)10-16(19)24/h2-9H,10,23H2,1H3/b17-11+. The summed E-state index contributed by atoms with van der Waals surface area (Å²) in [6, 6.07) is 11.6. The second-order valence-electron chi connectivity index (χ2n) is 5.34. The number of nitrogens with two attached hydrogens (primary N) is 1. The number of halogens is 4. The Morgan fingerprint density at radius 3 is 2.44 bits per heavy atom. The second kappa shape index (κ2) is 7.72. The van der Waals surface area contributed by atoms with Gasteiger partial charge in [0.25, 0.3) is 0 Å². The average Bonchev–Trinajstić information content (AvgIpc) is 2.56. The zero-order valence-electron chi connectivity index (χ0n) is 13.2. The Morgan fingerprint density at radius 2 is 1.84 bits per heavy atom. The van der Waals surface area contributed by atoms with Gasteiger partial charge in [-0.25, -0.2) is 0 Å². The quantitative estimate of drug-likeness (QED) is 0.357. The van der Waals surface area contributed by atoms with Gasteiger partial charge in [-0.05, 0) is 41.8 Å². The summed E-state index contributed by atoms with van der Waals surface area (Å²) < 4.78 is 38.8. The van der Waals surface area contributed by atoms with E-state index in [1.54, 1.807) is 31.2 Å². The van der Waals surface area contributed by atoms with Crippen molar-refractivity contribution in [2.75, 3.05) is 0 Å². The molecule has 0 spiro atoms. The van der Waals surface area contributed by atoms with E-state index in [9.17, 15) is 18.0 Å². The number of allylic oxidation sites excluding steroid dienone is 1. The lowest BCUT2D eigenvalue weighted by atomic mass is 9.96. The molecule has 0 aliphatic rings. The van der Waals surface area contributed by atoms with Crippen LogP contribution in [0.2, 0.25) is 0 Å². The molecule has 0 bridgehead atoms. The van der Waals surface area contributed by atoms with Crippen molar-refractivity contribution >= 4 is 28.2 Å². The number of rotatable bonds is 5. The number of benzene rings is 2. The molecule has 0 saturated carbocycles. The summed E-state index contributed by atoms with van der Waals surface area (Å²) in [5.74, 6) is 5.54. The van der Waals surface area contributed by atoms with Crippen LogP contribution in [0.15, 0.2) is 48.5 Å². The molecule has 0 aliphatic carbocycles. The molecular formula is C18H15ClF3NO2. The van der Waals surface area contributed by atoms with Crippen molar-refractivity contribution in [3.05, 3.63) is 70.8 Å². The van der Waals surface area contributed by atoms with E-state index in [2.05, 4.69) is 0 Å². The number of carbonyl (C=O) groups is 1. The van der Waals surface area contributed by atoms with Gasteiger partial charge in [0.15, 0.2) is 5.76 Å². The first-order valence-corrected chi connectivity index (χ1v) is 7.63. The van der Waals surface area contributed by atoms with Crippen LogP contribution in [0.1, 0.15) is 29.2 Å². The molecule has 2 aromatic rings. The van der Waals surface area contributed by atoms with Gasteiger partial charge in [0.2, 0.25) is 5.24 Å². The molecule has 0 saturated heterocycles. The summed E-state index contributed by atoms with van der Waals surface area (Å²) in [5, 5.41) is -0.569. The summed E-state index contributed by atoms with van der Waals surface area (Å²) in [5.41, 5.74) is 0.999. The van der Waals surface area contributed by atoms with Gasteiger partial charge in [-0.2, -0.15) is 19.1 Å². The van der Waals surface area contributed by atoms with Crippen LogP contribution in [0, 0.1) is 0 Å². The van der Waals surface area contributed by atoms with Crippen LogP contribution in [0.4, 0.5) is 13.2 Å². The van der Waals surface area contributed by atoms with Crippen LogP contribution in [0.5, 0.6) is 0 Å². The van der Waals surface area contributed by atoms with Crippen LogP contribution >= 0.6 is 11.6 Å². The predicted molar refractivity (Wildman–Crippen MR) is 90.2 cm³/mol. The lowest BCUT2D eigenvalue weighted by molar-refractivity contribution is -0.137. The third-order valence-electron chi connectivity index (χ3n) is 3.67. The zero-order chi connectivity index (χ0) is 18.6. The van der Waals surface area contributed by atoms with Crippen molar-refractivity contribution in [3.63, 3.8) is 0 Å². The van der Waals surface area contributed by atoms with Crippen molar-refractivity contribution in [1.82, 2.24) is 0 Å². The minimum atomic E-state index is -4.46. The lowest BCUT2D eigenvalue weighted by Gasteiger charge is -2.15. The van der Waals surface area contributed by atoms with E-state index in [-0.39, 0.29) is 12.2 Å². The number of hydrogen-bond donors (Lipinski definition) is 1. The third-order valence-corrected chi connectivity index (χ3v) is 3.81. The molecule has 2 aromatic carbocycles. The molecule has 0 fully saturated rings. The highest BCUT2D eigenvalue weighted by atomic mass is 35.5. The van der Waals surface area contributed by atoms with Gasteiger partial charge in [-0.15, -0.1) is 0 Å². The van der Waals surface area contributed by atoms with Crippen molar-refractivity contribution in [3.8, 4) is 0 Å². The molecule has 0 aliphatic heterocycles. The minimum Gasteiger partial charge on any atom is -0.411 e. The van der Waals surface area contributed by atoms with Crippen LogP contribution < -0.4 is 5.90 Å². The summed E-state index contributed by atoms with van der Waals surface area (Å²) in [6.45, 7) is 1.59. The van der Waals surface area contributed by atoms with Crippen LogP contribution in [-0.4, -0.2) is 5.24 Å². The molecule has 0 radical (unpaired) electrons. The minimum absolute atomic E-state index is 0.0551. The van der Waals surface area contributed by atoms with Gasteiger partial charge in [-0.3, -0.25) is 4.79 Å². The normalized spacial score (nSPS) is 12.6. The van der Waals surface area contributed by atoms with Gasteiger partial charge in [-0.1, -0.05) is 36.4 Å². The summed E-state index contributed by atoms with van der Waals surface area (Å²) >= 11 is 5.45. The average molecular weight is 370 g/mol. The Bertz CT molecular complexity index is 816. The van der Waals surface area contributed by atoms with E-state index >= 15 is 0 Å². The van der Waals surface area contributed by atoms with Gasteiger partial charge >= 0.3 is 6.18 Å². The first-order valence-electron chi connectivity index (χ1n) is 7.26. The highest BCUT2D eigenvalue weighted by Crippen LogP contribution is 2.33. The molecule has 7 heteroatoms. The van der Waals surface area contributed by atoms with E-state index in [4.69, 9.17) is 22.3 Å². The molecule has 25 heavy (non-hydrogen) atoms. The van der Waals surface area contributed by atoms with Crippen molar-refractivity contribution < 1.29 is 22.8 Å². The molecule has 0 heterocycles. The lowest BCUT2D eigenvalue weighted by Crippen LogP contribution is -2.07. The van der Waals surface area contributed by atoms with Crippen LogP contribution in [-0.2, 0) is 22.2 Å². The number of carbonyl (C=O) groups excluding carboxylic acids is 1. The topological polar surface area (TPSA) is 52.3 Å². The molecule has 3 nitrogen and oxygen atoms in total. The van der Waals surface area contributed by atoms with Crippen molar-refractivity contribution in [2.45, 2.75) is 19.5 Å². The molecule has 132 valence electrons. The SMILES string of the molecule is C/C(=C(\ON)c1ccccc1CC(=O)Cl)c1cccc(C(F)(F)F)c1. The van der Waals surface area contributed by atoms with Gasteiger partial charge < -0.3 is 4.84 Å². The Morgan fingerprint density at radius 1 is 1.16 bits per heavy atom. The van der Waals surface area contributed by atoms with E-state index in [0.29, 0.717) is 22.3 Å². The van der Waals surface area contributed by atoms with Crippen LogP contribution in [0.3, 0.4) is 0 Å². The maximum Gasteiger partial charge on any atom is 0.416 e. The highest BCUT2D eigenvalue weighted by molar-refractivity contribution is 6.63. The Balaban J connectivity index is 2.58. The molecule has 0 atom stereocenters. The smallest absolute Gasteiger partial charge is 0.411 e. The molecule has 2 rings (SSSR count). The number of hydrogen-bond acceptors (Lipinski definition) is 3. The Hall–Kier alpha value is -2.31. The maximum atomic E-state index is 12.9. The summed E-state index contributed by atoms with van der Waals surface area (Å²) in [6.07, 6.45) is -4.51. The molecule has 0 aromatic heterocycles. The Labute approximate surface area is 147 Å². The fourth-order valence-electron chi connectivity index (χ4n) is 2.46. The molecule has 0 amide bonds. The first kappa shape index (κ1) is 19.0. The fourth-order valence-corrected chi connectivity index (χ4v) is 2.60. The van der Waals surface area contributed by atoms with Gasteiger partial charge in [0.1, 0.15) is 0 Å². The van der Waals surface area contributed by atoms with Gasteiger partial charge in [0, 0.05) is 17.6 Å².